The smallest absolute Gasteiger partial charge is 0.145 e. The normalized spacial score (nSPS) is 12.6. The highest BCUT2D eigenvalue weighted by atomic mass is 19.1. The highest BCUT2D eigenvalue weighted by Gasteiger charge is 1.98. The van der Waals surface area contributed by atoms with Crippen LogP contribution in [0.25, 0.3) is 0 Å². The van der Waals surface area contributed by atoms with Crippen LogP contribution in [0.2, 0.25) is 0 Å². The van der Waals surface area contributed by atoms with Crippen molar-refractivity contribution in [2.75, 3.05) is 6.61 Å². The molecule has 0 aromatic carbocycles. The van der Waals surface area contributed by atoms with Gasteiger partial charge in [0.05, 0.1) is 12.4 Å². The van der Waals surface area contributed by atoms with Crippen molar-refractivity contribution in [3.63, 3.8) is 0 Å². The molecular weight excluding hydrogens is 159 g/mol. The minimum Gasteiger partial charge on any atom is -0.490 e. The molecule has 0 fully saturated rings. The molecule has 1 atom stereocenters. The molecule has 0 bridgehead atoms. The van der Waals surface area contributed by atoms with Crippen molar-refractivity contribution in [2.24, 2.45) is 5.73 Å². The van der Waals surface area contributed by atoms with E-state index in [-0.39, 0.29) is 6.04 Å². The summed E-state index contributed by atoms with van der Waals surface area (Å²) in [7, 11) is 0. The predicted molar refractivity (Wildman–Crippen MR) is 43.3 cm³/mol. The van der Waals surface area contributed by atoms with Crippen LogP contribution in [0.1, 0.15) is 6.92 Å². The summed E-state index contributed by atoms with van der Waals surface area (Å²) in [4.78, 5) is 3.62. The highest BCUT2D eigenvalue weighted by Crippen LogP contribution is 2.09. The fourth-order valence-corrected chi connectivity index (χ4v) is 0.699. The lowest BCUT2D eigenvalue weighted by atomic mass is 10.4. The highest BCUT2D eigenvalue weighted by molar-refractivity contribution is 5.16. The molecule has 0 amide bonds. The molecule has 0 saturated carbocycles. The average molecular weight is 170 g/mol. The summed E-state index contributed by atoms with van der Waals surface area (Å²) in [6.07, 6.45) is 2.57. The summed E-state index contributed by atoms with van der Waals surface area (Å²) in [5.41, 5.74) is 5.44. The topological polar surface area (TPSA) is 48.1 Å². The minimum absolute atomic E-state index is 0.0618. The number of nitrogens with two attached hydrogens (primary N) is 1. The van der Waals surface area contributed by atoms with E-state index in [0.717, 1.165) is 6.20 Å². The van der Waals surface area contributed by atoms with Gasteiger partial charge >= 0.3 is 0 Å². The summed E-state index contributed by atoms with van der Waals surface area (Å²) >= 11 is 0. The van der Waals surface area contributed by atoms with E-state index in [1.165, 1.54) is 12.3 Å². The number of ether oxygens (including phenoxy) is 1. The van der Waals surface area contributed by atoms with Gasteiger partial charge in [-0.15, -0.1) is 0 Å². The molecule has 0 aliphatic heterocycles. The number of hydrogen-bond acceptors (Lipinski definition) is 3. The second-order valence-corrected chi connectivity index (χ2v) is 2.63. The van der Waals surface area contributed by atoms with Gasteiger partial charge < -0.3 is 10.5 Å². The second-order valence-electron chi connectivity index (χ2n) is 2.63. The van der Waals surface area contributed by atoms with E-state index in [0.29, 0.717) is 12.4 Å². The molecule has 4 heteroatoms. The molecule has 0 aliphatic carbocycles. The van der Waals surface area contributed by atoms with Crippen LogP contribution in [0.5, 0.6) is 5.75 Å². The molecule has 1 unspecified atom stereocenters. The molecular formula is C8H11FN2O. The largest absolute Gasteiger partial charge is 0.490 e. The van der Waals surface area contributed by atoms with Crippen molar-refractivity contribution in [2.45, 2.75) is 13.0 Å². The maximum atomic E-state index is 12.5. The number of aromatic nitrogens is 1. The fourth-order valence-electron chi connectivity index (χ4n) is 0.699. The minimum atomic E-state index is -0.405. The van der Waals surface area contributed by atoms with Crippen LogP contribution in [-0.2, 0) is 0 Å². The van der Waals surface area contributed by atoms with Gasteiger partial charge in [0.1, 0.15) is 18.2 Å². The standard InChI is InChI=1S/C8H11FN2O/c1-6(10)5-12-8-2-7(9)3-11-4-8/h2-4,6H,5,10H2,1H3. The molecule has 0 radical (unpaired) electrons. The quantitative estimate of drug-likeness (QED) is 0.734. The first-order valence-corrected chi connectivity index (χ1v) is 3.67. The van der Waals surface area contributed by atoms with E-state index in [1.807, 2.05) is 6.92 Å². The molecule has 3 nitrogen and oxygen atoms in total. The first-order chi connectivity index (χ1) is 5.68. The van der Waals surface area contributed by atoms with Gasteiger partial charge in [-0.25, -0.2) is 4.39 Å². The third-order valence-corrected chi connectivity index (χ3v) is 1.19. The first kappa shape index (κ1) is 8.93. The van der Waals surface area contributed by atoms with Crippen LogP contribution >= 0.6 is 0 Å². The van der Waals surface area contributed by atoms with E-state index >= 15 is 0 Å². The monoisotopic (exact) mass is 170 g/mol. The van der Waals surface area contributed by atoms with Crippen LogP contribution in [0, 0.1) is 5.82 Å². The molecule has 12 heavy (non-hydrogen) atoms. The van der Waals surface area contributed by atoms with Crippen molar-refractivity contribution in [3.05, 3.63) is 24.3 Å². The molecule has 0 saturated heterocycles. The number of pyridine rings is 1. The number of rotatable bonds is 3. The zero-order chi connectivity index (χ0) is 8.97. The van der Waals surface area contributed by atoms with Crippen molar-refractivity contribution in [1.82, 2.24) is 4.98 Å². The zero-order valence-corrected chi connectivity index (χ0v) is 6.83. The Morgan fingerprint density at radius 2 is 2.42 bits per heavy atom. The molecule has 0 spiro atoms. The third kappa shape index (κ3) is 2.84. The van der Waals surface area contributed by atoms with Crippen LogP contribution in [-0.4, -0.2) is 17.6 Å². The Morgan fingerprint density at radius 1 is 1.67 bits per heavy atom. The van der Waals surface area contributed by atoms with Crippen molar-refractivity contribution in [1.29, 1.82) is 0 Å². The maximum absolute atomic E-state index is 12.5. The van der Waals surface area contributed by atoms with Crippen molar-refractivity contribution < 1.29 is 9.13 Å². The Labute approximate surface area is 70.4 Å². The lowest BCUT2D eigenvalue weighted by Gasteiger charge is -2.07. The van der Waals surface area contributed by atoms with Gasteiger partial charge in [-0.3, -0.25) is 4.98 Å². The molecule has 66 valence electrons. The van der Waals surface area contributed by atoms with Crippen LogP contribution < -0.4 is 10.5 Å². The predicted octanol–water partition coefficient (Wildman–Crippen LogP) is 0.947. The average Bonchev–Trinajstić information content (AvgIpc) is 2.01. The first-order valence-electron chi connectivity index (χ1n) is 3.67. The molecule has 2 N–H and O–H groups in total. The van der Waals surface area contributed by atoms with Gasteiger partial charge in [-0.1, -0.05) is 0 Å². The van der Waals surface area contributed by atoms with E-state index in [4.69, 9.17) is 10.5 Å². The van der Waals surface area contributed by atoms with Crippen LogP contribution in [0.3, 0.4) is 0 Å². The maximum Gasteiger partial charge on any atom is 0.145 e. The molecule has 1 heterocycles. The summed E-state index contributed by atoms with van der Waals surface area (Å²) in [6.45, 7) is 2.18. The van der Waals surface area contributed by atoms with Gasteiger partial charge in [0.15, 0.2) is 0 Å². The van der Waals surface area contributed by atoms with Gasteiger partial charge in [-0.05, 0) is 6.92 Å². The van der Waals surface area contributed by atoms with Crippen molar-refractivity contribution in [3.8, 4) is 5.75 Å². The van der Waals surface area contributed by atoms with E-state index in [9.17, 15) is 4.39 Å². The second kappa shape index (κ2) is 4.01. The summed E-state index contributed by atoms with van der Waals surface area (Å²) < 4.78 is 17.6. The third-order valence-electron chi connectivity index (χ3n) is 1.19. The SMILES string of the molecule is CC(N)COc1cncc(F)c1. The number of hydrogen-bond donors (Lipinski definition) is 1. The molecule has 1 rings (SSSR count). The Bertz CT molecular complexity index is 253. The molecule has 1 aromatic rings. The zero-order valence-electron chi connectivity index (χ0n) is 6.83. The summed E-state index contributed by atoms with van der Waals surface area (Å²) in [5.74, 6) is 0.00414. The van der Waals surface area contributed by atoms with Gasteiger partial charge in [-0.2, -0.15) is 0 Å². The Kier molecular flexibility index (Phi) is 2.99. The van der Waals surface area contributed by atoms with E-state index in [1.54, 1.807) is 0 Å². The fraction of sp³-hybridized carbons (Fsp3) is 0.375. The van der Waals surface area contributed by atoms with Gasteiger partial charge in [0, 0.05) is 12.1 Å². The Balaban J connectivity index is 2.52. The number of nitrogens with zero attached hydrogens (tertiary/aromatic N) is 1. The Morgan fingerprint density at radius 3 is 3.00 bits per heavy atom. The Hall–Kier alpha value is -1.16. The lowest BCUT2D eigenvalue weighted by Crippen LogP contribution is -2.23. The summed E-state index contributed by atoms with van der Waals surface area (Å²) in [6, 6.07) is 1.21. The molecule has 0 aliphatic rings. The molecule has 1 aromatic heterocycles. The van der Waals surface area contributed by atoms with E-state index < -0.39 is 5.82 Å². The number of halogens is 1. The van der Waals surface area contributed by atoms with Crippen LogP contribution in [0.15, 0.2) is 18.5 Å². The van der Waals surface area contributed by atoms with Crippen LogP contribution in [0.4, 0.5) is 4.39 Å². The summed E-state index contributed by atoms with van der Waals surface area (Å²) in [5, 5.41) is 0. The van der Waals surface area contributed by atoms with Gasteiger partial charge in [0.2, 0.25) is 0 Å². The lowest BCUT2D eigenvalue weighted by molar-refractivity contribution is 0.293. The van der Waals surface area contributed by atoms with E-state index in [2.05, 4.69) is 4.98 Å². The van der Waals surface area contributed by atoms with Crippen molar-refractivity contribution >= 4 is 0 Å². The van der Waals surface area contributed by atoms with Gasteiger partial charge in [0.25, 0.3) is 0 Å².